The van der Waals surface area contributed by atoms with Crippen molar-refractivity contribution in [3.8, 4) is 0 Å². The van der Waals surface area contributed by atoms with Crippen LogP contribution in [-0.2, 0) is 20.9 Å². The average molecular weight is 581 g/mol. The second-order valence-electron chi connectivity index (χ2n) is 12.0. The van der Waals surface area contributed by atoms with E-state index in [4.69, 9.17) is 9.47 Å². The lowest BCUT2D eigenvalue weighted by Gasteiger charge is -2.38. The van der Waals surface area contributed by atoms with Crippen LogP contribution in [0.1, 0.15) is 133 Å². The first kappa shape index (κ1) is 34.2. The summed E-state index contributed by atoms with van der Waals surface area (Å²) < 4.78 is 13.2. The molecule has 0 aromatic heterocycles. The van der Waals surface area contributed by atoms with Crippen molar-refractivity contribution in [3.63, 3.8) is 0 Å². The lowest BCUT2D eigenvalue weighted by atomic mass is 9.99. The maximum absolute atomic E-state index is 11.7. The third-order valence-corrected chi connectivity index (χ3v) is 8.21. The topological polar surface area (TPSA) is 71.0 Å². The van der Waals surface area contributed by atoms with Gasteiger partial charge in [-0.25, -0.2) is 0 Å². The molecule has 1 aliphatic heterocycles. The van der Waals surface area contributed by atoms with E-state index < -0.39 is 6.29 Å². The Hall–Kier alpha value is -2.25. The summed E-state index contributed by atoms with van der Waals surface area (Å²) in [5, 5.41) is 12.4. The Bertz CT molecular complexity index is 996. The molecule has 42 heavy (non-hydrogen) atoms. The van der Waals surface area contributed by atoms with Gasteiger partial charge in [-0.05, 0) is 49.2 Å². The van der Waals surface area contributed by atoms with Crippen molar-refractivity contribution in [2.24, 2.45) is 0 Å². The van der Waals surface area contributed by atoms with Gasteiger partial charge in [0.2, 0.25) is 5.91 Å². The summed E-state index contributed by atoms with van der Waals surface area (Å²) in [6.07, 6.45) is 15.8. The van der Waals surface area contributed by atoms with Crippen molar-refractivity contribution in [2.45, 2.75) is 129 Å². The van der Waals surface area contributed by atoms with Gasteiger partial charge in [-0.1, -0.05) is 114 Å². The van der Waals surface area contributed by atoms with E-state index in [0.717, 1.165) is 48.4 Å². The average Bonchev–Trinajstić information content (AvgIpc) is 3.00. The van der Waals surface area contributed by atoms with E-state index in [2.05, 4.69) is 36.2 Å². The molecule has 0 bridgehead atoms. The number of carbonyl (C=O) groups is 1. The maximum atomic E-state index is 11.7. The molecule has 1 heterocycles. The molecule has 0 radical (unpaired) electrons. The second-order valence-corrected chi connectivity index (χ2v) is 12.0. The van der Waals surface area contributed by atoms with Gasteiger partial charge >= 0.3 is 0 Å². The number of rotatable bonds is 20. The van der Waals surface area contributed by atoms with Crippen LogP contribution in [0.3, 0.4) is 0 Å². The zero-order valence-electron chi connectivity index (χ0n) is 26.5. The predicted molar refractivity (Wildman–Crippen MR) is 172 cm³/mol. The SMILES string of the molecule is CCCCCCCCN(CCCCCCCC)C[C@@H]1C[C@H](c2ccc(CO)cc2)O[C@H](c2cccc(NC(C)=O)c2)O1. The molecule has 2 N–H and O–H groups in total. The molecule has 1 amide bonds. The molecule has 6 nitrogen and oxygen atoms in total. The molecule has 0 unspecified atom stereocenters. The zero-order valence-corrected chi connectivity index (χ0v) is 26.5. The normalized spacial score (nSPS) is 18.8. The Labute approximate surface area is 255 Å². The second kappa shape index (κ2) is 19.8. The molecule has 2 aromatic rings. The Morgan fingerprint density at radius 1 is 0.833 bits per heavy atom. The Morgan fingerprint density at radius 3 is 2.05 bits per heavy atom. The van der Waals surface area contributed by atoms with Crippen LogP contribution < -0.4 is 5.32 Å². The monoisotopic (exact) mass is 580 g/mol. The largest absolute Gasteiger partial charge is 0.392 e. The number of nitrogens with one attached hydrogen (secondary N) is 1. The molecule has 3 atom stereocenters. The number of hydrogen-bond acceptors (Lipinski definition) is 5. The summed E-state index contributed by atoms with van der Waals surface area (Å²) >= 11 is 0. The van der Waals surface area contributed by atoms with Gasteiger partial charge in [0.1, 0.15) is 0 Å². The van der Waals surface area contributed by atoms with Gasteiger partial charge in [-0.2, -0.15) is 0 Å². The minimum atomic E-state index is -0.523. The summed E-state index contributed by atoms with van der Waals surface area (Å²) in [4.78, 5) is 14.3. The van der Waals surface area contributed by atoms with Crippen LogP contribution in [0.15, 0.2) is 48.5 Å². The van der Waals surface area contributed by atoms with E-state index in [9.17, 15) is 9.90 Å². The summed E-state index contributed by atoms with van der Waals surface area (Å²) in [6.45, 7) is 9.20. The van der Waals surface area contributed by atoms with Gasteiger partial charge in [0.05, 0.1) is 18.8 Å². The zero-order chi connectivity index (χ0) is 30.0. The van der Waals surface area contributed by atoms with Crippen LogP contribution in [0.5, 0.6) is 0 Å². The molecule has 1 aliphatic rings. The van der Waals surface area contributed by atoms with Crippen LogP contribution in [0.25, 0.3) is 0 Å². The smallest absolute Gasteiger partial charge is 0.221 e. The fourth-order valence-electron chi connectivity index (χ4n) is 5.81. The number of unbranched alkanes of at least 4 members (excludes halogenated alkanes) is 10. The molecule has 234 valence electrons. The van der Waals surface area contributed by atoms with Crippen molar-refractivity contribution in [1.29, 1.82) is 0 Å². The van der Waals surface area contributed by atoms with Gasteiger partial charge in [-0.3, -0.25) is 4.79 Å². The first-order valence-corrected chi connectivity index (χ1v) is 16.6. The lowest BCUT2D eigenvalue weighted by Crippen LogP contribution is -2.40. The van der Waals surface area contributed by atoms with Gasteiger partial charge < -0.3 is 24.8 Å². The summed E-state index contributed by atoms with van der Waals surface area (Å²) in [7, 11) is 0. The molecular weight excluding hydrogens is 524 g/mol. The molecule has 3 rings (SSSR count). The van der Waals surface area contributed by atoms with Crippen LogP contribution in [0, 0.1) is 0 Å². The summed E-state index contributed by atoms with van der Waals surface area (Å²) in [6, 6.07) is 15.9. The van der Waals surface area contributed by atoms with Crippen molar-refractivity contribution >= 4 is 11.6 Å². The van der Waals surface area contributed by atoms with Gasteiger partial charge in [0, 0.05) is 31.1 Å². The highest BCUT2D eigenvalue weighted by molar-refractivity contribution is 5.88. The highest BCUT2D eigenvalue weighted by Gasteiger charge is 2.33. The van der Waals surface area contributed by atoms with E-state index in [-0.39, 0.29) is 24.7 Å². The Morgan fingerprint density at radius 2 is 1.45 bits per heavy atom. The standard InChI is InChI=1S/C36H56N2O4/c1-4-6-8-10-12-14-23-38(24-15-13-11-9-7-5-2)27-34-26-35(31-21-19-30(28-39)20-22-31)42-36(41-34)32-17-16-18-33(25-32)37-29(3)40/h16-22,25,34-36,39H,4-15,23-24,26-28H2,1-3H3,(H,37,40)/t34-,35+,36+/m0/s1. The fourth-order valence-corrected chi connectivity index (χ4v) is 5.81. The maximum Gasteiger partial charge on any atom is 0.221 e. The number of aliphatic hydroxyl groups is 1. The van der Waals surface area contributed by atoms with Gasteiger partial charge in [-0.15, -0.1) is 0 Å². The number of ether oxygens (including phenoxy) is 2. The minimum absolute atomic E-state index is 0.0240. The number of nitrogens with zero attached hydrogens (tertiary/aromatic N) is 1. The van der Waals surface area contributed by atoms with Crippen molar-refractivity contribution in [1.82, 2.24) is 4.90 Å². The van der Waals surface area contributed by atoms with E-state index in [1.54, 1.807) is 0 Å². The van der Waals surface area contributed by atoms with Crippen molar-refractivity contribution in [3.05, 3.63) is 65.2 Å². The molecule has 0 aliphatic carbocycles. The van der Waals surface area contributed by atoms with Crippen molar-refractivity contribution < 1.29 is 19.4 Å². The van der Waals surface area contributed by atoms with E-state index in [1.807, 2.05) is 36.4 Å². The quantitative estimate of drug-likeness (QED) is 0.153. The number of amides is 1. The molecule has 0 saturated carbocycles. The molecular formula is C36H56N2O4. The third-order valence-electron chi connectivity index (χ3n) is 8.21. The number of anilines is 1. The molecule has 1 saturated heterocycles. The first-order chi connectivity index (χ1) is 20.5. The lowest BCUT2D eigenvalue weighted by molar-refractivity contribution is -0.253. The van der Waals surface area contributed by atoms with Crippen LogP contribution in [-0.4, -0.2) is 41.7 Å². The number of benzene rings is 2. The van der Waals surface area contributed by atoms with Crippen LogP contribution >= 0.6 is 0 Å². The summed E-state index contributed by atoms with van der Waals surface area (Å²) in [5.74, 6) is -0.0996. The minimum Gasteiger partial charge on any atom is -0.392 e. The number of carbonyl (C=O) groups excluding carboxylic acids is 1. The predicted octanol–water partition coefficient (Wildman–Crippen LogP) is 8.71. The Kier molecular flexibility index (Phi) is 16.2. The van der Waals surface area contributed by atoms with Gasteiger partial charge in [0.15, 0.2) is 6.29 Å². The number of aliphatic hydroxyl groups excluding tert-OH is 1. The van der Waals surface area contributed by atoms with Gasteiger partial charge in [0.25, 0.3) is 0 Å². The van der Waals surface area contributed by atoms with Crippen molar-refractivity contribution in [2.75, 3.05) is 25.0 Å². The fraction of sp³-hybridized carbons (Fsp3) is 0.639. The van der Waals surface area contributed by atoms with E-state index in [0.29, 0.717) is 0 Å². The molecule has 1 fully saturated rings. The molecule has 2 aromatic carbocycles. The summed E-state index contributed by atoms with van der Waals surface area (Å²) in [5.41, 5.74) is 3.64. The van der Waals surface area contributed by atoms with Crippen LogP contribution in [0.4, 0.5) is 5.69 Å². The Balaban J connectivity index is 1.72. The third kappa shape index (κ3) is 12.5. The molecule has 0 spiro atoms. The van der Waals surface area contributed by atoms with Crippen LogP contribution in [0.2, 0.25) is 0 Å². The highest BCUT2D eigenvalue weighted by Crippen LogP contribution is 2.38. The first-order valence-electron chi connectivity index (χ1n) is 16.6. The van der Waals surface area contributed by atoms with E-state index in [1.165, 1.54) is 84.0 Å². The molecule has 6 heteroatoms. The van der Waals surface area contributed by atoms with E-state index >= 15 is 0 Å². The number of hydrogen-bond donors (Lipinski definition) is 2. The highest BCUT2D eigenvalue weighted by atomic mass is 16.7.